The van der Waals surface area contributed by atoms with Crippen LogP contribution in [0.1, 0.15) is 5.56 Å². The maximum absolute atomic E-state index is 10.2. The van der Waals surface area contributed by atoms with E-state index in [-0.39, 0.29) is 15.0 Å². The first-order valence-corrected chi connectivity index (χ1v) is 9.78. The summed E-state index contributed by atoms with van der Waals surface area (Å²) >= 11 is 0.232. The molecular weight excluding hydrogens is 351 g/mol. The van der Waals surface area contributed by atoms with Crippen LogP contribution in [0.4, 0.5) is 0 Å². The summed E-state index contributed by atoms with van der Waals surface area (Å²) in [4.78, 5) is 0. The number of rotatable bonds is 6. The molecule has 0 bridgehead atoms. The van der Waals surface area contributed by atoms with Gasteiger partial charge >= 0.3 is 143 Å². The van der Waals surface area contributed by atoms with E-state index in [1.165, 1.54) is 15.2 Å². The molecule has 0 aliphatic carbocycles. The van der Waals surface area contributed by atoms with E-state index in [1.807, 2.05) is 31.2 Å². The number of aryl methyl sites for hydroxylation is 1. The second kappa shape index (κ2) is 7.65. The Hall–Kier alpha value is -1.80. The van der Waals surface area contributed by atoms with Crippen molar-refractivity contribution < 1.29 is 9.84 Å². The Bertz CT molecular complexity index is 780. The minimum absolute atomic E-state index is 0.232. The van der Waals surface area contributed by atoms with Gasteiger partial charge in [0, 0.05) is 0 Å². The average molecular weight is 371 g/mol. The molecule has 1 N–H and O–H groups in total. The number of aliphatic hydroxyl groups is 1. The fourth-order valence-electron chi connectivity index (χ4n) is 2.46. The molecule has 2 nitrogen and oxygen atoms in total. The normalized spacial score (nSPS) is 12.3. The van der Waals surface area contributed by atoms with Crippen LogP contribution in [0.2, 0.25) is 5.32 Å². The number of para-hydroxylation sites is 1. The van der Waals surface area contributed by atoms with Gasteiger partial charge in [0.05, 0.1) is 0 Å². The van der Waals surface area contributed by atoms with Crippen molar-refractivity contribution >= 4 is 30.2 Å². The van der Waals surface area contributed by atoms with E-state index in [0.717, 1.165) is 16.6 Å². The molecule has 0 aliphatic heterocycles. The van der Waals surface area contributed by atoms with Gasteiger partial charge in [-0.25, -0.2) is 0 Å². The standard InChI is InChI=1S/C20H20O2Se/c1-15-7-2-5-11-19(15)22-13-17(21)14-23-20-12-6-9-16-8-3-4-10-18(16)20/h2-12,17,21H,13-14H2,1H3. The summed E-state index contributed by atoms with van der Waals surface area (Å²) in [6, 6.07) is 22.7. The van der Waals surface area contributed by atoms with Crippen LogP contribution in [-0.2, 0) is 0 Å². The number of aliphatic hydroxyl groups excluding tert-OH is 1. The summed E-state index contributed by atoms with van der Waals surface area (Å²) in [6.45, 7) is 2.36. The van der Waals surface area contributed by atoms with Crippen molar-refractivity contribution in [1.29, 1.82) is 0 Å². The first-order valence-electron chi connectivity index (χ1n) is 7.71. The number of ether oxygens (including phenoxy) is 1. The van der Waals surface area contributed by atoms with Crippen molar-refractivity contribution in [3.8, 4) is 5.75 Å². The van der Waals surface area contributed by atoms with Gasteiger partial charge in [-0.2, -0.15) is 0 Å². The molecule has 0 heterocycles. The van der Waals surface area contributed by atoms with Gasteiger partial charge in [0.25, 0.3) is 0 Å². The summed E-state index contributed by atoms with van der Waals surface area (Å²) < 4.78 is 7.07. The van der Waals surface area contributed by atoms with Gasteiger partial charge < -0.3 is 0 Å². The second-order valence-electron chi connectivity index (χ2n) is 5.52. The summed E-state index contributed by atoms with van der Waals surface area (Å²) in [5.41, 5.74) is 1.10. The number of fused-ring (bicyclic) bond motifs is 1. The molecule has 0 aromatic heterocycles. The first kappa shape index (κ1) is 16.1. The van der Waals surface area contributed by atoms with Crippen molar-refractivity contribution in [2.75, 3.05) is 6.61 Å². The van der Waals surface area contributed by atoms with Crippen LogP contribution in [0, 0.1) is 6.92 Å². The van der Waals surface area contributed by atoms with Crippen LogP contribution in [0.15, 0.2) is 66.7 Å². The van der Waals surface area contributed by atoms with Crippen molar-refractivity contribution in [2.45, 2.75) is 18.3 Å². The number of benzene rings is 3. The van der Waals surface area contributed by atoms with Crippen LogP contribution in [0.25, 0.3) is 10.8 Å². The van der Waals surface area contributed by atoms with Crippen LogP contribution in [-0.4, -0.2) is 32.8 Å². The maximum atomic E-state index is 10.2. The quantitative estimate of drug-likeness (QED) is 0.674. The van der Waals surface area contributed by atoms with Crippen LogP contribution < -0.4 is 9.20 Å². The van der Waals surface area contributed by atoms with Gasteiger partial charge in [-0.15, -0.1) is 0 Å². The van der Waals surface area contributed by atoms with E-state index >= 15 is 0 Å². The van der Waals surface area contributed by atoms with Crippen molar-refractivity contribution in [2.24, 2.45) is 0 Å². The third-order valence-corrected chi connectivity index (χ3v) is 6.26. The summed E-state index contributed by atoms with van der Waals surface area (Å²) in [6.07, 6.45) is -0.437. The summed E-state index contributed by atoms with van der Waals surface area (Å²) in [5.74, 6) is 0.851. The minimum atomic E-state index is -0.437. The Balaban J connectivity index is 1.58. The van der Waals surface area contributed by atoms with E-state index < -0.39 is 6.10 Å². The van der Waals surface area contributed by atoms with E-state index in [0.29, 0.717) is 6.61 Å². The zero-order chi connectivity index (χ0) is 16.1. The molecule has 0 spiro atoms. The molecule has 1 atom stereocenters. The topological polar surface area (TPSA) is 29.5 Å². The van der Waals surface area contributed by atoms with Gasteiger partial charge in [0.15, 0.2) is 0 Å². The van der Waals surface area contributed by atoms with E-state index in [1.54, 1.807) is 0 Å². The summed E-state index contributed by atoms with van der Waals surface area (Å²) in [5, 5.41) is 13.5. The Morgan fingerprint density at radius 3 is 2.57 bits per heavy atom. The monoisotopic (exact) mass is 372 g/mol. The molecule has 118 valence electrons. The van der Waals surface area contributed by atoms with Gasteiger partial charge in [-0.1, -0.05) is 0 Å². The zero-order valence-electron chi connectivity index (χ0n) is 13.1. The van der Waals surface area contributed by atoms with Crippen LogP contribution in [0.3, 0.4) is 0 Å². The molecule has 3 heteroatoms. The molecule has 0 aliphatic rings. The van der Waals surface area contributed by atoms with E-state index in [9.17, 15) is 5.11 Å². The van der Waals surface area contributed by atoms with Gasteiger partial charge in [-0.05, 0) is 0 Å². The number of hydrogen-bond donors (Lipinski definition) is 1. The molecule has 1 unspecified atom stereocenters. The van der Waals surface area contributed by atoms with Crippen molar-refractivity contribution in [3.05, 3.63) is 72.3 Å². The zero-order valence-corrected chi connectivity index (χ0v) is 14.8. The van der Waals surface area contributed by atoms with Crippen LogP contribution in [0.5, 0.6) is 5.75 Å². The van der Waals surface area contributed by atoms with E-state index in [4.69, 9.17) is 4.74 Å². The third-order valence-electron chi connectivity index (χ3n) is 3.71. The Labute approximate surface area is 143 Å². The summed E-state index contributed by atoms with van der Waals surface area (Å²) in [7, 11) is 0. The SMILES string of the molecule is Cc1ccccc1OCC(O)C[Se]c1cccc2ccccc12. The molecule has 0 saturated carbocycles. The van der Waals surface area contributed by atoms with Crippen molar-refractivity contribution in [3.63, 3.8) is 0 Å². The first-order chi connectivity index (χ1) is 11.2. The third kappa shape index (κ3) is 4.14. The average Bonchev–Trinajstić information content (AvgIpc) is 2.59. The van der Waals surface area contributed by atoms with Gasteiger partial charge in [-0.3, -0.25) is 0 Å². The molecule has 0 amide bonds. The molecule has 3 aromatic carbocycles. The molecule has 3 rings (SSSR count). The fourth-order valence-corrected chi connectivity index (χ4v) is 4.53. The van der Waals surface area contributed by atoms with E-state index in [2.05, 4.69) is 42.5 Å². The Kier molecular flexibility index (Phi) is 5.34. The van der Waals surface area contributed by atoms with Crippen LogP contribution >= 0.6 is 0 Å². The second-order valence-corrected chi connectivity index (χ2v) is 7.75. The Morgan fingerprint density at radius 2 is 1.70 bits per heavy atom. The predicted octanol–water partition coefficient (Wildman–Crippen LogP) is 3.34. The van der Waals surface area contributed by atoms with Crippen molar-refractivity contribution in [1.82, 2.24) is 0 Å². The molecule has 0 fully saturated rings. The molecular formula is C20H20O2Se. The molecule has 0 saturated heterocycles. The molecule has 23 heavy (non-hydrogen) atoms. The fraction of sp³-hybridized carbons (Fsp3) is 0.200. The Morgan fingerprint density at radius 1 is 0.957 bits per heavy atom. The van der Waals surface area contributed by atoms with Gasteiger partial charge in [0.1, 0.15) is 0 Å². The number of hydrogen-bond acceptors (Lipinski definition) is 2. The predicted molar refractivity (Wildman–Crippen MR) is 96.8 cm³/mol. The molecule has 0 radical (unpaired) electrons. The van der Waals surface area contributed by atoms with Gasteiger partial charge in [0.2, 0.25) is 0 Å². The molecule has 3 aromatic rings.